The second kappa shape index (κ2) is 7.28. The zero-order chi connectivity index (χ0) is 19.3. The van der Waals surface area contributed by atoms with Gasteiger partial charge in [0.1, 0.15) is 0 Å². The monoisotopic (exact) mass is 462 g/mol. The number of thiophene rings is 1. The van der Waals surface area contributed by atoms with Crippen molar-refractivity contribution < 1.29 is 9.59 Å². The van der Waals surface area contributed by atoms with Crippen LogP contribution in [0.3, 0.4) is 0 Å². The number of carbonyl (C=O) groups is 2. The lowest BCUT2D eigenvalue weighted by Crippen LogP contribution is -2.58. The molecule has 0 spiro atoms. The Bertz CT molecular complexity index is 774. The second-order valence-corrected chi connectivity index (χ2v) is 11.8. The maximum Gasteiger partial charge on any atom is 0.246 e. The lowest BCUT2D eigenvalue weighted by atomic mass is 9.49. The van der Waals surface area contributed by atoms with Crippen LogP contribution in [0.2, 0.25) is 0 Å². The summed E-state index contributed by atoms with van der Waals surface area (Å²) in [5, 5.41) is 0. The number of hydrogen-bond donors (Lipinski definition) is 0. The highest BCUT2D eigenvalue weighted by Gasteiger charge is 2.55. The van der Waals surface area contributed by atoms with Crippen LogP contribution in [0.15, 0.2) is 22.0 Å². The van der Waals surface area contributed by atoms with Crippen LogP contribution in [0.4, 0.5) is 0 Å². The van der Waals surface area contributed by atoms with Gasteiger partial charge < -0.3 is 9.80 Å². The topological polar surface area (TPSA) is 40.6 Å². The molecular weight excluding hydrogens is 436 g/mol. The van der Waals surface area contributed by atoms with Crippen molar-refractivity contribution in [2.45, 2.75) is 38.5 Å². The van der Waals surface area contributed by atoms with Gasteiger partial charge >= 0.3 is 0 Å². The molecule has 6 rings (SSSR count). The van der Waals surface area contributed by atoms with Gasteiger partial charge in [0.2, 0.25) is 11.8 Å². The van der Waals surface area contributed by atoms with E-state index in [1.165, 1.54) is 19.3 Å². The molecule has 1 aromatic heterocycles. The fourth-order valence-electron chi connectivity index (χ4n) is 6.51. The number of carbonyl (C=O) groups excluding carboxylic acids is 2. The van der Waals surface area contributed by atoms with Gasteiger partial charge in [0, 0.05) is 37.1 Å². The molecule has 2 heterocycles. The molecule has 4 aliphatic carbocycles. The Morgan fingerprint density at radius 2 is 1.54 bits per heavy atom. The number of hydrogen-bond acceptors (Lipinski definition) is 3. The Morgan fingerprint density at radius 1 is 0.964 bits per heavy atom. The number of rotatable bonds is 3. The molecule has 1 aliphatic heterocycles. The van der Waals surface area contributed by atoms with Crippen LogP contribution in [0, 0.1) is 23.2 Å². The van der Waals surface area contributed by atoms with Crippen LogP contribution in [0.5, 0.6) is 0 Å². The molecule has 0 unspecified atom stereocenters. The van der Waals surface area contributed by atoms with Crippen LogP contribution in [-0.2, 0) is 9.59 Å². The predicted octanol–water partition coefficient (Wildman–Crippen LogP) is 4.41. The highest BCUT2D eigenvalue weighted by Crippen LogP contribution is 2.60. The average molecular weight is 463 g/mol. The van der Waals surface area contributed by atoms with Crippen LogP contribution in [-0.4, -0.2) is 47.8 Å². The fraction of sp³-hybridized carbons (Fsp3) is 0.636. The van der Waals surface area contributed by atoms with Gasteiger partial charge in [0.15, 0.2) is 0 Å². The minimum absolute atomic E-state index is 0.0476. The molecule has 4 nitrogen and oxygen atoms in total. The van der Waals surface area contributed by atoms with Gasteiger partial charge in [-0.2, -0.15) is 0 Å². The molecule has 28 heavy (non-hydrogen) atoms. The van der Waals surface area contributed by atoms with Gasteiger partial charge in [0.05, 0.1) is 9.20 Å². The van der Waals surface area contributed by atoms with E-state index in [9.17, 15) is 9.59 Å². The summed E-state index contributed by atoms with van der Waals surface area (Å²) >= 11 is 5.06. The molecule has 0 radical (unpaired) electrons. The summed E-state index contributed by atoms with van der Waals surface area (Å²) < 4.78 is 1.07. The Balaban J connectivity index is 1.18. The van der Waals surface area contributed by atoms with Crippen molar-refractivity contribution in [3.8, 4) is 0 Å². The molecule has 6 heteroatoms. The highest BCUT2D eigenvalue weighted by atomic mass is 79.9. The maximum absolute atomic E-state index is 13.4. The Morgan fingerprint density at radius 3 is 2.07 bits per heavy atom. The van der Waals surface area contributed by atoms with Crippen molar-refractivity contribution in [1.29, 1.82) is 0 Å². The van der Waals surface area contributed by atoms with Crippen molar-refractivity contribution in [2.75, 3.05) is 26.2 Å². The molecule has 5 aliphatic rings. The molecule has 1 saturated heterocycles. The van der Waals surface area contributed by atoms with Gasteiger partial charge in [-0.05, 0) is 90.4 Å². The van der Waals surface area contributed by atoms with Gasteiger partial charge in [-0.1, -0.05) is 0 Å². The van der Waals surface area contributed by atoms with Crippen molar-refractivity contribution in [3.05, 3.63) is 26.9 Å². The summed E-state index contributed by atoms with van der Waals surface area (Å²) in [6.07, 6.45) is 11.0. The van der Waals surface area contributed by atoms with E-state index in [-0.39, 0.29) is 11.3 Å². The van der Waals surface area contributed by atoms with Crippen LogP contribution in [0.1, 0.15) is 43.4 Å². The third-order valence-electron chi connectivity index (χ3n) is 7.35. The largest absolute Gasteiger partial charge is 0.339 e. The molecule has 4 bridgehead atoms. The summed E-state index contributed by atoms with van der Waals surface area (Å²) in [4.78, 5) is 31.0. The second-order valence-electron chi connectivity index (χ2n) is 9.29. The zero-order valence-electron chi connectivity index (χ0n) is 16.1. The van der Waals surface area contributed by atoms with E-state index in [1.54, 1.807) is 17.4 Å². The van der Waals surface area contributed by atoms with Crippen molar-refractivity contribution in [2.24, 2.45) is 23.2 Å². The smallest absolute Gasteiger partial charge is 0.246 e. The fourth-order valence-corrected chi connectivity index (χ4v) is 7.84. The minimum Gasteiger partial charge on any atom is -0.339 e. The molecule has 0 aromatic carbocycles. The average Bonchev–Trinajstić information content (AvgIpc) is 3.10. The lowest BCUT2D eigenvalue weighted by Gasteiger charge is -2.57. The van der Waals surface area contributed by atoms with Gasteiger partial charge in [-0.15, -0.1) is 11.3 Å². The molecule has 2 amide bonds. The number of halogens is 1. The van der Waals surface area contributed by atoms with Crippen molar-refractivity contribution >= 4 is 45.2 Å². The summed E-state index contributed by atoms with van der Waals surface area (Å²) in [6.45, 7) is 2.67. The van der Waals surface area contributed by atoms with E-state index in [0.29, 0.717) is 32.1 Å². The highest BCUT2D eigenvalue weighted by molar-refractivity contribution is 9.11. The van der Waals surface area contributed by atoms with E-state index in [4.69, 9.17) is 0 Å². The van der Waals surface area contributed by atoms with Crippen LogP contribution >= 0.6 is 27.3 Å². The Kier molecular flexibility index (Phi) is 4.90. The van der Waals surface area contributed by atoms with Crippen molar-refractivity contribution in [1.82, 2.24) is 9.80 Å². The van der Waals surface area contributed by atoms with Crippen LogP contribution in [0.25, 0.3) is 6.08 Å². The molecule has 4 saturated carbocycles. The standard InChI is InChI=1S/C22H27BrN2O2S/c23-19-3-1-18(28-19)2-4-20(26)24-5-7-25(8-6-24)21(27)22-12-15-9-16(13-22)11-17(10-15)14-22/h1-4,15-17H,5-14H2/b4-2+. The van der Waals surface area contributed by atoms with Crippen molar-refractivity contribution in [3.63, 3.8) is 0 Å². The van der Waals surface area contributed by atoms with E-state index in [1.807, 2.05) is 23.1 Å². The van der Waals surface area contributed by atoms with Gasteiger partial charge in [-0.25, -0.2) is 0 Å². The molecule has 150 valence electrons. The summed E-state index contributed by atoms with van der Waals surface area (Å²) in [5.74, 6) is 2.82. The van der Waals surface area contributed by atoms with Gasteiger partial charge in [0.25, 0.3) is 0 Å². The number of amides is 2. The summed E-state index contributed by atoms with van der Waals surface area (Å²) in [5.41, 5.74) is -0.0621. The third-order valence-corrected chi connectivity index (χ3v) is 8.94. The lowest BCUT2D eigenvalue weighted by molar-refractivity contribution is -0.160. The summed E-state index contributed by atoms with van der Waals surface area (Å²) in [6, 6.07) is 3.99. The van der Waals surface area contributed by atoms with Crippen LogP contribution < -0.4 is 0 Å². The van der Waals surface area contributed by atoms with Gasteiger partial charge in [-0.3, -0.25) is 9.59 Å². The molecular formula is C22H27BrN2O2S. The Hall–Kier alpha value is -1.14. The molecule has 1 aromatic rings. The number of nitrogens with zero attached hydrogens (tertiary/aromatic N) is 2. The number of piperazine rings is 1. The first-order valence-corrected chi connectivity index (χ1v) is 12.1. The van der Waals surface area contributed by atoms with E-state index in [2.05, 4.69) is 20.8 Å². The predicted molar refractivity (Wildman–Crippen MR) is 115 cm³/mol. The molecule has 0 atom stereocenters. The minimum atomic E-state index is -0.0621. The molecule has 0 N–H and O–H groups in total. The molecule has 5 fully saturated rings. The zero-order valence-corrected chi connectivity index (χ0v) is 18.5. The quantitative estimate of drug-likeness (QED) is 0.624. The van der Waals surface area contributed by atoms with E-state index < -0.39 is 0 Å². The summed E-state index contributed by atoms with van der Waals surface area (Å²) in [7, 11) is 0. The first-order valence-electron chi connectivity index (χ1n) is 10.5. The first-order chi connectivity index (χ1) is 13.5. The van der Waals surface area contributed by atoms with E-state index >= 15 is 0 Å². The first kappa shape index (κ1) is 18.9. The third kappa shape index (κ3) is 3.47. The SMILES string of the molecule is O=C(/C=C/c1ccc(Br)s1)N1CCN(C(=O)C23CC4CC(CC(C4)C2)C3)CC1. The Labute approximate surface area is 179 Å². The van der Waals surface area contributed by atoms with E-state index in [0.717, 1.165) is 45.7 Å². The maximum atomic E-state index is 13.4. The normalized spacial score (nSPS) is 34.4.